The van der Waals surface area contributed by atoms with E-state index in [0.717, 1.165) is 18.2 Å². The van der Waals surface area contributed by atoms with Crippen molar-refractivity contribution in [1.82, 2.24) is 0 Å². The Morgan fingerprint density at radius 3 is 2.33 bits per heavy atom. The zero-order valence-electron chi connectivity index (χ0n) is 7.24. The molecule has 0 heterocycles. The monoisotopic (exact) mass is 256 g/mol. The fourth-order valence-electron chi connectivity index (χ4n) is 0.996. The van der Waals surface area contributed by atoms with E-state index in [0.29, 0.717) is 0 Å². The molecule has 0 radical (unpaired) electrons. The number of benzene rings is 1. The summed E-state index contributed by atoms with van der Waals surface area (Å²) in [4.78, 5) is 11.1. The molecule has 0 amide bonds. The van der Waals surface area contributed by atoms with Crippen molar-refractivity contribution in [2.24, 2.45) is 0 Å². The van der Waals surface area contributed by atoms with E-state index in [2.05, 4.69) is 0 Å². The molecule has 6 heteroatoms. The second kappa shape index (κ2) is 4.41. The van der Waals surface area contributed by atoms with Crippen molar-refractivity contribution in [3.05, 3.63) is 34.3 Å². The molecule has 0 unspecified atom stereocenters. The van der Waals surface area contributed by atoms with E-state index >= 15 is 0 Å². The van der Waals surface area contributed by atoms with E-state index in [1.165, 1.54) is 0 Å². The molecular weight excluding hydrogens is 252 g/mol. The Hall–Kier alpha value is -0.740. The molecule has 1 nitrogen and oxygen atoms in total. The van der Waals surface area contributed by atoms with Gasteiger partial charge in [-0.15, -0.1) is 11.6 Å². The van der Waals surface area contributed by atoms with E-state index in [1.54, 1.807) is 0 Å². The molecular formula is C9H5Cl2F3O. The Morgan fingerprint density at radius 1 is 1.33 bits per heavy atom. The Bertz CT molecular complexity index is 387. The van der Waals surface area contributed by atoms with Crippen molar-refractivity contribution >= 4 is 29.0 Å². The second-order valence-electron chi connectivity index (χ2n) is 2.75. The van der Waals surface area contributed by atoms with Crippen molar-refractivity contribution < 1.29 is 18.0 Å². The summed E-state index contributed by atoms with van der Waals surface area (Å²) in [6, 6.07) is 2.79. The van der Waals surface area contributed by atoms with Crippen molar-refractivity contribution in [1.29, 1.82) is 0 Å². The number of alkyl halides is 4. The van der Waals surface area contributed by atoms with Gasteiger partial charge in [-0.3, -0.25) is 4.79 Å². The van der Waals surface area contributed by atoms with Gasteiger partial charge in [0.1, 0.15) is 0 Å². The van der Waals surface area contributed by atoms with Gasteiger partial charge in [0.25, 0.3) is 0 Å². The van der Waals surface area contributed by atoms with Crippen LogP contribution in [-0.2, 0) is 6.18 Å². The normalized spacial score (nSPS) is 11.5. The topological polar surface area (TPSA) is 17.1 Å². The van der Waals surface area contributed by atoms with Crippen molar-refractivity contribution in [3.8, 4) is 0 Å². The van der Waals surface area contributed by atoms with Gasteiger partial charge in [0, 0.05) is 5.56 Å². The molecule has 0 saturated carbocycles. The fraction of sp³-hybridized carbons (Fsp3) is 0.222. The Labute approximate surface area is 93.8 Å². The van der Waals surface area contributed by atoms with E-state index in [1.807, 2.05) is 0 Å². The minimum Gasteiger partial charge on any atom is -0.293 e. The van der Waals surface area contributed by atoms with Crippen LogP contribution in [0.1, 0.15) is 15.9 Å². The summed E-state index contributed by atoms with van der Waals surface area (Å²) in [6.07, 6.45) is -4.51. The molecule has 0 aliphatic rings. The second-order valence-corrected chi connectivity index (χ2v) is 3.42. The van der Waals surface area contributed by atoms with Gasteiger partial charge in [0.2, 0.25) is 0 Å². The number of hydrogen-bond donors (Lipinski definition) is 0. The van der Waals surface area contributed by atoms with E-state index in [4.69, 9.17) is 23.2 Å². The Morgan fingerprint density at radius 2 is 1.93 bits per heavy atom. The maximum Gasteiger partial charge on any atom is 0.417 e. The van der Waals surface area contributed by atoms with Crippen LogP contribution in [0.15, 0.2) is 18.2 Å². The van der Waals surface area contributed by atoms with Gasteiger partial charge in [0.15, 0.2) is 5.78 Å². The first-order chi connectivity index (χ1) is 6.86. The minimum atomic E-state index is -4.51. The lowest BCUT2D eigenvalue weighted by atomic mass is 10.1. The molecule has 0 fully saturated rings. The number of carbonyl (C=O) groups excluding carboxylic acids is 1. The molecule has 0 spiro atoms. The zero-order chi connectivity index (χ0) is 11.6. The third-order valence-corrected chi connectivity index (χ3v) is 2.27. The van der Waals surface area contributed by atoms with Crippen LogP contribution in [0, 0.1) is 0 Å². The quantitative estimate of drug-likeness (QED) is 0.582. The standard InChI is InChI=1S/C9H5Cl2F3O/c10-4-8(15)5-1-2-6(7(11)3-5)9(12,13)14/h1-3H,4H2. The number of ketones is 1. The summed E-state index contributed by atoms with van der Waals surface area (Å²) in [5.74, 6) is -0.755. The maximum absolute atomic E-state index is 12.3. The van der Waals surface area contributed by atoms with Gasteiger partial charge in [-0.2, -0.15) is 13.2 Å². The van der Waals surface area contributed by atoms with E-state index in [-0.39, 0.29) is 11.4 Å². The summed E-state index contributed by atoms with van der Waals surface area (Å²) in [7, 11) is 0. The van der Waals surface area contributed by atoms with Crippen LogP contribution in [0.25, 0.3) is 0 Å². The summed E-state index contributed by atoms with van der Waals surface area (Å²) in [6.45, 7) is 0. The van der Waals surface area contributed by atoms with Gasteiger partial charge in [0.05, 0.1) is 16.5 Å². The SMILES string of the molecule is O=C(CCl)c1ccc(C(F)(F)F)c(Cl)c1. The smallest absolute Gasteiger partial charge is 0.293 e. The number of Topliss-reactive ketones (excluding diaryl/α,β-unsaturated/α-hetero) is 1. The number of hydrogen-bond acceptors (Lipinski definition) is 1. The Kier molecular flexibility index (Phi) is 3.62. The van der Waals surface area contributed by atoms with Crippen LogP contribution in [-0.4, -0.2) is 11.7 Å². The van der Waals surface area contributed by atoms with Crippen molar-refractivity contribution in [2.45, 2.75) is 6.18 Å². The molecule has 82 valence electrons. The first-order valence-corrected chi connectivity index (χ1v) is 4.73. The lowest BCUT2D eigenvalue weighted by Crippen LogP contribution is -2.07. The van der Waals surface area contributed by atoms with Gasteiger partial charge in [-0.05, 0) is 12.1 Å². The highest BCUT2D eigenvalue weighted by Crippen LogP contribution is 2.34. The van der Waals surface area contributed by atoms with Crippen LogP contribution in [0.3, 0.4) is 0 Å². The van der Waals surface area contributed by atoms with Crippen LogP contribution in [0.4, 0.5) is 13.2 Å². The molecule has 1 aromatic carbocycles. The third kappa shape index (κ3) is 2.86. The lowest BCUT2D eigenvalue weighted by Gasteiger charge is -2.09. The predicted octanol–water partition coefficient (Wildman–Crippen LogP) is 3.78. The molecule has 0 N–H and O–H groups in total. The molecule has 1 aromatic rings. The molecule has 0 aromatic heterocycles. The largest absolute Gasteiger partial charge is 0.417 e. The van der Waals surface area contributed by atoms with Crippen LogP contribution in [0.2, 0.25) is 5.02 Å². The summed E-state index contributed by atoms with van der Waals surface area (Å²) in [5.41, 5.74) is -0.890. The molecule has 0 atom stereocenters. The summed E-state index contributed by atoms with van der Waals surface area (Å²) < 4.78 is 36.8. The van der Waals surface area contributed by atoms with Gasteiger partial charge in [-0.25, -0.2) is 0 Å². The number of carbonyl (C=O) groups is 1. The molecule has 0 bridgehead atoms. The fourth-order valence-corrected chi connectivity index (χ4v) is 1.44. The lowest BCUT2D eigenvalue weighted by molar-refractivity contribution is -0.137. The zero-order valence-corrected chi connectivity index (χ0v) is 8.75. The van der Waals surface area contributed by atoms with Gasteiger partial charge in [-0.1, -0.05) is 17.7 Å². The first kappa shape index (κ1) is 12.3. The first-order valence-electron chi connectivity index (χ1n) is 3.82. The molecule has 1 rings (SSSR count). The molecule has 0 saturated heterocycles. The minimum absolute atomic E-state index is 0.0722. The van der Waals surface area contributed by atoms with E-state index in [9.17, 15) is 18.0 Å². The average Bonchev–Trinajstić information content (AvgIpc) is 2.14. The van der Waals surface area contributed by atoms with Crippen LogP contribution >= 0.6 is 23.2 Å². The van der Waals surface area contributed by atoms with Crippen molar-refractivity contribution in [2.75, 3.05) is 5.88 Å². The van der Waals surface area contributed by atoms with Crippen molar-refractivity contribution in [3.63, 3.8) is 0 Å². The molecule has 0 aliphatic heterocycles. The maximum atomic E-state index is 12.3. The number of rotatable bonds is 2. The number of halogens is 5. The van der Waals surface area contributed by atoms with Gasteiger partial charge >= 0.3 is 6.18 Å². The third-order valence-electron chi connectivity index (χ3n) is 1.72. The average molecular weight is 257 g/mol. The molecule has 15 heavy (non-hydrogen) atoms. The Balaban J connectivity index is 3.15. The summed E-state index contributed by atoms with van der Waals surface area (Å²) >= 11 is 10.7. The predicted molar refractivity (Wildman–Crippen MR) is 51.5 cm³/mol. The summed E-state index contributed by atoms with van der Waals surface area (Å²) in [5, 5.41) is -0.501. The highest BCUT2D eigenvalue weighted by molar-refractivity contribution is 6.33. The van der Waals surface area contributed by atoms with E-state index < -0.39 is 22.5 Å². The molecule has 0 aliphatic carbocycles. The highest BCUT2D eigenvalue weighted by atomic mass is 35.5. The highest BCUT2D eigenvalue weighted by Gasteiger charge is 2.33. The van der Waals surface area contributed by atoms with Crippen LogP contribution < -0.4 is 0 Å². The van der Waals surface area contributed by atoms with Crippen LogP contribution in [0.5, 0.6) is 0 Å². The van der Waals surface area contributed by atoms with Gasteiger partial charge < -0.3 is 0 Å².